The van der Waals surface area contributed by atoms with Crippen molar-refractivity contribution < 1.29 is 4.92 Å². The van der Waals surface area contributed by atoms with Crippen molar-refractivity contribution in [3.63, 3.8) is 0 Å². The number of thiophene rings is 1. The van der Waals surface area contributed by atoms with Crippen molar-refractivity contribution in [2.24, 2.45) is 0 Å². The fourth-order valence-corrected chi connectivity index (χ4v) is 1.66. The Morgan fingerprint density at radius 2 is 2.42 bits per heavy atom. The number of aromatic nitrogens is 2. The van der Waals surface area contributed by atoms with Crippen LogP contribution < -0.4 is 0 Å². The second kappa shape index (κ2) is 2.49. The first-order chi connectivity index (χ1) is 5.77. The molecule has 0 amide bonds. The van der Waals surface area contributed by atoms with Gasteiger partial charge in [0.2, 0.25) is 0 Å². The Morgan fingerprint density at radius 1 is 1.58 bits per heavy atom. The number of hydrogen-bond donors (Lipinski definition) is 0. The third kappa shape index (κ3) is 1.02. The van der Waals surface area contributed by atoms with Crippen molar-refractivity contribution >= 4 is 26.6 Å². The van der Waals surface area contributed by atoms with Gasteiger partial charge in [-0.05, 0) is 0 Å². The molecule has 2 aromatic heterocycles. The molecule has 0 aliphatic carbocycles. The van der Waals surface area contributed by atoms with E-state index in [0.717, 1.165) is 16.0 Å². The number of nitrogens with zero attached hydrogens (tertiary/aromatic N) is 3. The third-order valence-corrected chi connectivity index (χ3v) is 2.37. The van der Waals surface area contributed by atoms with Gasteiger partial charge in [-0.25, -0.2) is 9.97 Å². The SMILES string of the molecule is O=[N+]([O-])c1cc2ncncc2s1. The molecule has 0 bridgehead atoms. The lowest BCUT2D eigenvalue weighted by Crippen LogP contribution is -1.80. The van der Waals surface area contributed by atoms with Gasteiger partial charge in [0.15, 0.2) is 0 Å². The highest BCUT2D eigenvalue weighted by atomic mass is 32.1. The molecule has 0 atom stereocenters. The number of nitro groups is 1. The second-order valence-corrected chi connectivity index (χ2v) is 3.18. The topological polar surface area (TPSA) is 68.9 Å². The molecule has 0 fully saturated rings. The Labute approximate surface area is 70.8 Å². The summed E-state index contributed by atoms with van der Waals surface area (Å²) in [5.74, 6) is 0. The molecule has 12 heavy (non-hydrogen) atoms. The highest BCUT2D eigenvalue weighted by Gasteiger charge is 2.10. The van der Waals surface area contributed by atoms with Gasteiger partial charge >= 0.3 is 5.00 Å². The van der Waals surface area contributed by atoms with E-state index in [0.29, 0.717) is 5.52 Å². The summed E-state index contributed by atoms with van der Waals surface area (Å²) in [6.07, 6.45) is 2.94. The first-order valence-corrected chi connectivity index (χ1v) is 3.93. The molecular formula is C6H3N3O2S. The summed E-state index contributed by atoms with van der Waals surface area (Å²) >= 11 is 1.08. The largest absolute Gasteiger partial charge is 0.326 e. The van der Waals surface area contributed by atoms with Crippen molar-refractivity contribution in [2.75, 3.05) is 0 Å². The third-order valence-electron chi connectivity index (χ3n) is 1.36. The minimum Gasteiger partial charge on any atom is -0.258 e. The highest BCUT2D eigenvalue weighted by molar-refractivity contribution is 7.22. The van der Waals surface area contributed by atoms with Crippen molar-refractivity contribution in [1.82, 2.24) is 9.97 Å². The molecule has 6 heteroatoms. The van der Waals surface area contributed by atoms with Gasteiger partial charge in [-0.3, -0.25) is 10.1 Å². The van der Waals surface area contributed by atoms with Crippen LogP contribution in [0.3, 0.4) is 0 Å². The second-order valence-electron chi connectivity index (χ2n) is 2.11. The van der Waals surface area contributed by atoms with Crippen LogP contribution >= 0.6 is 11.3 Å². The van der Waals surface area contributed by atoms with Gasteiger partial charge in [-0.1, -0.05) is 11.3 Å². The lowest BCUT2D eigenvalue weighted by atomic mass is 10.5. The molecule has 0 saturated carbocycles. The lowest BCUT2D eigenvalue weighted by molar-refractivity contribution is -0.380. The standard InChI is InChI=1S/C6H3N3O2S/c10-9(11)6-1-4-5(12-6)2-7-3-8-4/h1-3H. The molecule has 0 aliphatic heterocycles. The van der Waals surface area contributed by atoms with Gasteiger partial charge < -0.3 is 0 Å². The van der Waals surface area contributed by atoms with Crippen LogP contribution in [0.25, 0.3) is 10.2 Å². The maximum Gasteiger partial charge on any atom is 0.326 e. The van der Waals surface area contributed by atoms with Gasteiger partial charge in [0.05, 0.1) is 21.2 Å². The van der Waals surface area contributed by atoms with E-state index in [1.165, 1.54) is 12.4 Å². The van der Waals surface area contributed by atoms with E-state index in [9.17, 15) is 10.1 Å². The van der Waals surface area contributed by atoms with Crippen molar-refractivity contribution in [2.45, 2.75) is 0 Å². The molecule has 2 heterocycles. The Kier molecular flexibility index (Phi) is 1.47. The molecule has 0 N–H and O–H groups in total. The smallest absolute Gasteiger partial charge is 0.258 e. The van der Waals surface area contributed by atoms with E-state index in [2.05, 4.69) is 9.97 Å². The molecule has 2 rings (SSSR count). The van der Waals surface area contributed by atoms with Crippen LogP contribution in [0.15, 0.2) is 18.6 Å². The minimum absolute atomic E-state index is 0.102. The summed E-state index contributed by atoms with van der Waals surface area (Å²) in [5, 5.41) is 10.4. The number of fused-ring (bicyclic) bond motifs is 1. The molecule has 60 valence electrons. The minimum atomic E-state index is -0.424. The first kappa shape index (κ1) is 7.11. The van der Waals surface area contributed by atoms with Crippen LogP contribution in [0, 0.1) is 10.1 Å². The highest BCUT2D eigenvalue weighted by Crippen LogP contribution is 2.28. The van der Waals surface area contributed by atoms with Crippen molar-refractivity contribution in [1.29, 1.82) is 0 Å². The van der Waals surface area contributed by atoms with Gasteiger partial charge in [-0.15, -0.1) is 0 Å². The Bertz CT molecular complexity index is 406. The summed E-state index contributed by atoms with van der Waals surface area (Å²) in [6.45, 7) is 0. The number of hydrogen-bond acceptors (Lipinski definition) is 5. The fourth-order valence-electron chi connectivity index (χ4n) is 0.862. The molecule has 0 aromatic carbocycles. The zero-order valence-electron chi connectivity index (χ0n) is 5.80. The predicted molar refractivity (Wildman–Crippen MR) is 44.1 cm³/mol. The summed E-state index contributed by atoms with van der Waals surface area (Å²) < 4.78 is 0.740. The molecule has 0 radical (unpaired) electrons. The van der Waals surface area contributed by atoms with E-state index in [4.69, 9.17) is 0 Å². The summed E-state index contributed by atoms with van der Waals surface area (Å²) in [7, 11) is 0. The Balaban J connectivity index is 2.70. The molecule has 0 saturated heterocycles. The van der Waals surface area contributed by atoms with Gasteiger partial charge in [0, 0.05) is 6.20 Å². The molecule has 5 nitrogen and oxygen atoms in total. The average molecular weight is 181 g/mol. The zero-order valence-corrected chi connectivity index (χ0v) is 6.61. The van der Waals surface area contributed by atoms with Crippen molar-refractivity contribution in [3.8, 4) is 0 Å². The van der Waals surface area contributed by atoms with Crippen molar-refractivity contribution in [3.05, 3.63) is 28.7 Å². The van der Waals surface area contributed by atoms with E-state index >= 15 is 0 Å². The van der Waals surface area contributed by atoms with Gasteiger partial charge in [-0.2, -0.15) is 0 Å². The quantitative estimate of drug-likeness (QED) is 0.495. The average Bonchev–Trinajstić information content (AvgIpc) is 2.46. The van der Waals surface area contributed by atoms with Gasteiger partial charge in [0.1, 0.15) is 6.33 Å². The Hall–Kier alpha value is -1.56. The van der Waals surface area contributed by atoms with Crippen LogP contribution in [0.1, 0.15) is 0 Å². The fraction of sp³-hybridized carbons (Fsp3) is 0. The zero-order chi connectivity index (χ0) is 8.55. The first-order valence-electron chi connectivity index (χ1n) is 3.11. The lowest BCUT2D eigenvalue weighted by Gasteiger charge is -1.80. The van der Waals surface area contributed by atoms with Crippen LogP contribution in [0.5, 0.6) is 0 Å². The van der Waals surface area contributed by atoms with E-state index in [1.807, 2.05) is 0 Å². The van der Waals surface area contributed by atoms with E-state index in [-0.39, 0.29) is 5.00 Å². The predicted octanol–water partition coefficient (Wildman–Crippen LogP) is 1.60. The van der Waals surface area contributed by atoms with E-state index < -0.39 is 4.92 Å². The van der Waals surface area contributed by atoms with Crippen LogP contribution in [0.4, 0.5) is 5.00 Å². The molecular weight excluding hydrogens is 178 g/mol. The Morgan fingerprint density at radius 3 is 3.08 bits per heavy atom. The number of rotatable bonds is 1. The molecule has 2 aromatic rings. The van der Waals surface area contributed by atoms with Gasteiger partial charge in [0.25, 0.3) is 0 Å². The normalized spacial score (nSPS) is 10.3. The summed E-state index contributed by atoms with van der Waals surface area (Å²) in [5.41, 5.74) is 0.627. The van der Waals surface area contributed by atoms with Crippen LogP contribution in [-0.2, 0) is 0 Å². The van der Waals surface area contributed by atoms with E-state index in [1.54, 1.807) is 6.20 Å². The van der Waals surface area contributed by atoms with Crippen LogP contribution in [-0.4, -0.2) is 14.9 Å². The van der Waals surface area contributed by atoms with Crippen LogP contribution in [0.2, 0.25) is 0 Å². The summed E-state index contributed by atoms with van der Waals surface area (Å²) in [6, 6.07) is 1.45. The molecule has 0 unspecified atom stereocenters. The maximum atomic E-state index is 10.3. The molecule has 0 aliphatic rings. The monoisotopic (exact) mass is 181 g/mol. The maximum absolute atomic E-state index is 10.3. The summed E-state index contributed by atoms with van der Waals surface area (Å²) in [4.78, 5) is 17.6. The molecule has 0 spiro atoms.